The maximum atomic E-state index is 13.0. The lowest BCUT2D eigenvalue weighted by Crippen LogP contribution is -2.46. The number of aliphatic imine (C=N–C) groups is 1. The highest BCUT2D eigenvalue weighted by molar-refractivity contribution is 7.89. The molecule has 3 rings (SSSR count). The van der Waals surface area contributed by atoms with E-state index in [1.807, 2.05) is 6.92 Å². The standard InChI is InChI=1S/C32H51N5O9S/c1-5-6-18-47(42,43)36-26(29(38)39)19-23-10-12-24(13-11-23)44-21-25-20-37(31(41)45-25)27(9-7-8-22-14-16-34-17-15-22)28(33)35-30(40)46-32(2,3)4/h10-13,22,25-27,34,36H,5-9,14-21H2,1-4H3,(H,38,39)(H2,33,35,40). The molecule has 2 saturated heterocycles. The van der Waals surface area contributed by atoms with E-state index >= 15 is 0 Å². The van der Waals surface area contributed by atoms with Crippen molar-refractivity contribution in [3.8, 4) is 5.75 Å². The summed E-state index contributed by atoms with van der Waals surface area (Å²) in [6, 6.07) is 4.65. The Morgan fingerprint density at radius 2 is 1.87 bits per heavy atom. The van der Waals surface area contributed by atoms with Gasteiger partial charge in [-0.1, -0.05) is 38.3 Å². The van der Waals surface area contributed by atoms with Gasteiger partial charge < -0.3 is 30.4 Å². The molecule has 14 nitrogen and oxygen atoms in total. The molecule has 0 aromatic heterocycles. The summed E-state index contributed by atoms with van der Waals surface area (Å²) in [6.07, 6.45) is 3.52. The van der Waals surface area contributed by atoms with Crippen molar-refractivity contribution in [1.82, 2.24) is 14.9 Å². The number of cyclic esters (lactones) is 1. The second-order valence-electron chi connectivity index (χ2n) is 13.2. The van der Waals surface area contributed by atoms with Gasteiger partial charge in [0.1, 0.15) is 29.8 Å². The molecule has 2 aliphatic heterocycles. The van der Waals surface area contributed by atoms with E-state index < -0.39 is 52.0 Å². The zero-order valence-electron chi connectivity index (χ0n) is 27.9. The van der Waals surface area contributed by atoms with Crippen molar-refractivity contribution in [2.75, 3.05) is 32.0 Å². The van der Waals surface area contributed by atoms with E-state index in [1.54, 1.807) is 45.0 Å². The molecule has 0 spiro atoms. The summed E-state index contributed by atoms with van der Waals surface area (Å²) < 4.78 is 43.5. The van der Waals surface area contributed by atoms with Crippen molar-refractivity contribution in [2.24, 2.45) is 16.6 Å². The van der Waals surface area contributed by atoms with Crippen LogP contribution in [0.2, 0.25) is 0 Å². The highest BCUT2D eigenvalue weighted by atomic mass is 32.2. The number of carboxylic acids is 1. The number of amidine groups is 1. The Labute approximate surface area is 277 Å². The summed E-state index contributed by atoms with van der Waals surface area (Å²) in [5, 5.41) is 12.9. The van der Waals surface area contributed by atoms with Crippen LogP contribution in [0.5, 0.6) is 5.75 Å². The Bertz CT molecular complexity index is 1330. The largest absolute Gasteiger partial charge is 0.490 e. The van der Waals surface area contributed by atoms with Gasteiger partial charge in [0.05, 0.1) is 18.3 Å². The topological polar surface area (TPSA) is 199 Å². The number of nitrogens with one attached hydrogen (secondary N) is 2. The number of nitrogens with two attached hydrogens (primary N) is 1. The minimum absolute atomic E-state index is 0.00835. The number of aliphatic carboxylic acids is 1. The SMILES string of the molecule is CCCCS(=O)(=O)NC(Cc1ccc(OCC2CN(C(CCCC3CCNCC3)C(N)=NC(=O)OC(C)(C)C)C(=O)O2)cc1)C(=O)O. The minimum atomic E-state index is -3.72. The van der Waals surface area contributed by atoms with Crippen LogP contribution in [0.3, 0.4) is 0 Å². The molecule has 264 valence electrons. The number of unbranched alkanes of at least 4 members (excludes halogenated alkanes) is 1. The lowest BCUT2D eigenvalue weighted by molar-refractivity contribution is -0.138. The molecule has 0 bridgehead atoms. The molecule has 3 atom stereocenters. The molecule has 1 aromatic rings. The second kappa shape index (κ2) is 17.6. The highest BCUT2D eigenvalue weighted by Crippen LogP contribution is 2.24. The molecule has 3 unspecified atom stereocenters. The fourth-order valence-corrected chi connectivity index (χ4v) is 6.92. The third-order valence-electron chi connectivity index (χ3n) is 7.97. The van der Waals surface area contributed by atoms with E-state index in [2.05, 4.69) is 15.0 Å². The first-order valence-corrected chi connectivity index (χ1v) is 18.0. The minimum Gasteiger partial charge on any atom is -0.490 e. The van der Waals surface area contributed by atoms with Gasteiger partial charge in [-0.25, -0.2) is 22.7 Å². The van der Waals surface area contributed by atoms with Crippen LogP contribution in [-0.4, -0.2) is 98.2 Å². The van der Waals surface area contributed by atoms with Gasteiger partial charge in [-0.15, -0.1) is 0 Å². The van der Waals surface area contributed by atoms with Gasteiger partial charge >= 0.3 is 18.2 Å². The molecule has 0 radical (unpaired) electrons. The van der Waals surface area contributed by atoms with Crippen molar-refractivity contribution in [3.05, 3.63) is 29.8 Å². The molecular formula is C32H51N5O9S. The van der Waals surface area contributed by atoms with Crippen LogP contribution < -0.4 is 20.5 Å². The number of hydrogen-bond acceptors (Lipinski definition) is 9. The smallest absolute Gasteiger partial charge is 0.435 e. The number of hydrogen-bond donors (Lipinski definition) is 4. The lowest BCUT2D eigenvalue weighted by atomic mass is 9.91. The molecule has 0 aliphatic carbocycles. The summed E-state index contributed by atoms with van der Waals surface area (Å²) in [7, 11) is -3.72. The monoisotopic (exact) mass is 681 g/mol. The van der Waals surface area contributed by atoms with Crippen molar-refractivity contribution in [1.29, 1.82) is 0 Å². The third-order valence-corrected chi connectivity index (χ3v) is 9.44. The first kappa shape index (κ1) is 38.0. The average molecular weight is 682 g/mol. The Kier molecular flexibility index (Phi) is 14.3. The number of carbonyl (C=O) groups is 3. The molecule has 2 heterocycles. The van der Waals surface area contributed by atoms with Crippen LogP contribution in [0.25, 0.3) is 0 Å². The lowest BCUT2D eigenvalue weighted by Gasteiger charge is -2.27. The fourth-order valence-electron chi connectivity index (χ4n) is 5.52. The molecule has 47 heavy (non-hydrogen) atoms. The maximum Gasteiger partial charge on any atom is 0.435 e. The predicted molar refractivity (Wildman–Crippen MR) is 177 cm³/mol. The van der Waals surface area contributed by atoms with Crippen LogP contribution in [0.4, 0.5) is 9.59 Å². The van der Waals surface area contributed by atoms with E-state index in [0.29, 0.717) is 36.5 Å². The Hall–Kier alpha value is -3.43. The fraction of sp³-hybridized carbons (Fsp3) is 0.688. The van der Waals surface area contributed by atoms with E-state index in [-0.39, 0.29) is 31.2 Å². The number of amides is 2. The molecule has 2 fully saturated rings. The molecule has 1 aromatic carbocycles. The summed E-state index contributed by atoms with van der Waals surface area (Å²) >= 11 is 0. The van der Waals surface area contributed by atoms with Crippen LogP contribution >= 0.6 is 0 Å². The average Bonchev–Trinajstić information content (AvgIpc) is 3.36. The van der Waals surface area contributed by atoms with Crippen LogP contribution in [0, 0.1) is 5.92 Å². The molecule has 15 heteroatoms. The van der Waals surface area contributed by atoms with Crippen LogP contribution in [-0.2, 0) is 30.7 Å². The predicted octanol–water partition coefficient (Wildman–Crippen LogP) is 3.43. The first-order chi connectivity index (χ1) is 22.2. The highest BCUT2D eigenvalue weighted by Gasteiger charge is 2.38. The number of carbonyl (C=O) groups excluding carboxylic acids is 2. The Morgan fingerprint density at radius 1 is 1.19 bits per heavy atom. The molecule has 0 saturated carbocycles. The number of ether oxygens (including phenoxy) is 3. The summed E-state index contributed by atoms with van der Waals surface area (Å²) in [4.78, 5) is 42.6. The van der Waals surface area contributed by atoms with E-state index in [1.165, 1.54) is 4.90 Å². The van der Waals surface area contributed by atoms with Gasteiger partial charge in [-0.3, -0.25) is 9.69 Å². The quantitative estimate of drug-likeness (QED) is 0.139. The molecule has 5 N–H and O–H groups in total. The maximum absolute atomic E-state index is 13.0. The van der Waals surface area contributed by atoms with Gasteiger partial charge in [0.15, 0.2) is 6.10 Å². The summed E-state index contributed by atoms with van der Waals surface area (Å²) in [6.45, 7) is 9.25. The Morgan fingerprint density at radius 3 is 2.49 bits per heavy atom. The second-order valence-corrected chi connectivity index (χ2v) is 15.0. The summed E-state index contributed by atoms with van der Waals surface area (Å²) in [5.74, 6) is -0.358. The number of nitrogens with zero attached hydrogens (tertiary/aromatic N) is 2. The van der Waals surface area contributed by atoms with Crippen molar-refractivity contribution in [2.45, 2.75) is 103 Å². The van der Waals surface area contributed by atoms with Gasteiger partial charge in [0.25, 0.3) is 0 Å². The van der Waals surface area contributed by atoms with Gasteiger partial charge in [-0.2, -0.15) is 4.99 Å². The molecule has 2 amide bonds. The van der Waals surface area contributed by atoms with Crippen molar-refractivity contribution in [3.63, 3.8) is 0 Å². The zero-order chi connectivity index (χ0) is 34.6. The molecule has 2 aliphatic rings. The number of benzene rings is 1. The van der Waals surface area contributed by atoms with Crippen molar-refractivity contribution < 1.29 is 42.1 Å². The number of carboxylic acid groups (broad SMARTS) is 1. The normalized spacial score (nSPS) is 19.2. The summed E-state index contributed by atoms with van der Waals surface area (Å²) in [5.41, 5.74) is 6.17. The van der Waals surface area contributed by atoms with E-state index in [4.69, 9.17) is 19.9 Å². The number of rotatable bonds is 17. The van der Waals surface area contributed by atoms with Crippen LogP contribution in [0.1, 0.15) is 78.2 Å². The van der Waals surface area contributed by atoms with E-state index in [9.17, 15) is 27.9 Å². The Balaban J connectivity index is 1.60. The van der Waals surface area contributed by atoms with Crippen LogP contribution in [0.15, 0.2) is 29.3 Å². The van der Waals surface area contributed by atoms with Crippen molar-refractivity contribution >= 4 is 34.0 Å². The third kappa shape index (κ3) is 13.3. The van der Waals surface area contributed by atoms with E-state index in [0.717, 1.165) is 38.8 Å². The zero-order valence-corrected chi connectivity index (χ0v) is 28.7. The van der Waals surface area contributed by atoms with Gasteiger partial charge in [0.2, 0.25) is 10.0 Å². The molecular weight excluding hydrogens is 630 g/mol. The van der Waals surface area contributed by atoms with Gasteiger partial charge in [0, 0.05) is 0 Å². The number of piperidine rings is 1. The number of sulfonamides is 1. The van der Waals surface area contributed by atoms with Gasteiger partial charge in [-0.05, 0) is 89.6 Å². The first-order valence-electron chi connectivity index (χ1n) is 16.3.